The number of hydrogen-bond acceptors (Lipinski definition) is 6. The van der Waals surface area contributed by atoms with Gasteiger partial charge in [-0.1, -0.05) is 34.1 Å². The highest BCUT2D eigenvalue weighted by Gasteiger charge is 2.15. The molecule has 0 spiro atoms. The third-order valence-electron chi connectivity index (χ3n) is 4.85. The van der Waals surface area contributed by atoms with E-state index >= 15 is 0 Å². The first-order valence-corrected chi connectivity index (χ1v) is 11.0. The van der Waals surface area contributed by atoms with Crippen LogP contribution in [0.4, 0.5) is 10.1 Å². The van der Waals surface area contributed by atoms with Crippen molar-refractivity contribution in [3.8, 4) is 17.6 Å². The summed E-state index contributed by atoms with van der Waals surface area (Å²) in [6, 6.07) is 17.4. The number of methoxy groups -OCH3 is 2. The molecule has 0 saturated heterocycles. The molecular weight excluding hydrogens is 519 g/mol. The van der Waals surface area contributed by atoms with Gasteiger partial charge in [-0.3, -0.25) is 4.79 Å². The largest absolute Gasteiger partial charge is 0.493 e. The van der Waals surface area contributed by atoms with Crippen molar-refractivity contribution in [1.82, 2.24) is 0 Å². The van der Waals surface area contributed by atoms with Crippen molar-refractivity contribution in [2.24, 2.45) is 0 Å². The monoisotopic (exact) mass is 538 g/mol. The van der Waals surface area contributed by atoms with Crippen molar-refractivity contribution >= 4 is 39.6 Å². The van der Waals surface area contributed by atoms with Gasteiger partial charge in [-0.05, 0) is 54.1 Å². The number of nitrogens with one attached hydrogen (secondary N) is 1. The first-order valence-electron chi connectivity index (χ1n) is 10.2. The van der Waals surface area contributed by atoms with E-state index in [-0.39, 0.29) is 18.0 Å². The van der Waals surface area contributed by atoms with Gasteiger partial charge < -0.3 is 19.5 Å². The zero-order valence-corrected chi connectivity index (χ0v) is 20.4. The topological polar surface area (TPSA) is 97.7 Å². The highest BCUT2D eigenvalue weighted by molar-refractivity contribution is 9.10. The Morgan fingerprint density at radius 1 is 1.09 bits per heavy atom. The van der Waals surface area contributed by atoms with E-state index in [1.54, 1.807) is 30.3 Å². The van der Waals surface area contributed by atoms with E-state index in [9.17, 15) is 19.2 Å². The molecule has 0 aromatic heterocycles. The number of carbonyl (C=O) groups excluding carboxylic acids is 2. The summed E-state index contributed by atoms with van der Waals surface area (Å²) in [5.74, 6) is -0.820. The average Bonchev–Trinajstić information content (AvgIpc) is 2.87. The maximum absolute atomic E-state index is 13.9. The average molecular weight is 539 g/mol. The molecule has 0 saturated carbocycles. The Labute approximate surface area is 209 Å². The number of carbonyl (C=O) groups is 2. The fourth-order valence-electron chi connectivity index (χ4n) is 3.01. The molecule has 0 atom stereocenters. The maximum atomic E-state index is 13.9. The third-order valence-corrected chi connectivity index (χ3v) is 5.54. The first-order chi connectivity index (χ1) is 16.9. The molecule has 178 valence electrons. The number of nitrogens with zero attached hydrogens (tertiary/aromatic N) is 1. The van der Waals surface area contributed by atoms with Crippen LogP contribution in [0.1, 0.15) is 21.5 Å². The van der Waals surface area contributed by atoms with Gasteiger partial charge in [0, 0.05) is 15.7 Å². The number of esters is 1. The second-order valence-electron chi connectivity index (χ2n) is 7.10. The molecule has 0 aliphatic carbocycles. The zero-order chi connectivity index (χ0) is 25.4. The molecule has 0 unspecified atom stereocenters. The maximum Gasteiger partial charge on any atom is 0.337 e. The second kappa shape index (κ2) is 11.8. The second-order valence-corrected chi connectivity index (χ2v) is 7.95. The van der Waals surface area contributed by atoms with Crippen LogP contribution in [0.15, 0.2) is 70.7 Å². The van der Waals surface area contributed by atoms with E-state index in [0.29, 0.717) is 38.3 Å². The summed E-state index contributed by atoms with van der Waals surface area (Å²) >= 11 is 3.41. The van der Waals surface area contributed by atoms with Crippen molar-refractivity contribution in [3.05, 3.63) is 93.2 Å². The first kappa shape index (κ1) is 25.5. The minimum atomic E-state index is -0.635. The number of amides is 1. The number of halogens is 2. The Kier molecular flexibility index (Phi) is 8.59. The van der Waals surface area contributed by atoms with Crippen LogP contribution in [0.5, 0.6) is 11.5 Å². The molecule has 3 aromatic rings. The molecule has 0 radical (unpaired) electrons. The Morgan fingerprint density at radius 2 is 1.80 bits per heavy atom. The van der Waals surface area contributed by atoms with E-state index in [2.05, 4.69) is 26.0 Å². The lowest BCUT2D eigenvalue weighted by molar-refractivity contribution is -0.112. The minimum Gasteiger partial charge on any atom is -0.493 e. The molecule has 3 aromatic carbocycles. The number of hydrogen-bond donors (Lipinski definition) is 1. The molecule has 9 heteroatoms. The number of benzene rings is 3. The standard InChI is InChI=1S/C26H20BrFN2O5/c1-33-23-12-18(21(27)13-24(23)35-15-17-5-3-4-6-22(17)28)11-19(14-29)25(31)30-20-9-7-16(8-10-20)26(32)34-2/h3-13H,15H2,1-2H3,(H,30,31)/b19-11+. The highest BCUT2D eigenvalue weighted by atomic mass is 79.9. The summed E-state index contributed by atoms with van der Waals surface area (Å²) in [5, 5.41) is 12.2. The van der Waals surface area contributed by atoms with Crippen LogP contribution < -0.4 is 14.8 Å². The van der Waals surface area contributed by atoms with Gasteiger partial charge in [0.1, 0.15) is 24.1 Å². The number of nitriles is 1. The third kappa shape index (κ3) is 6.46. The molecule has 0 fully saturated rings. The van der Waals surface area contributed by atoms with Crippen LogP contribution in [0.25, 0.3) is 6.08 Å². The van der Waals surface area contributed by atoms with E-state index < -0.39 is 11.9 Å². The lowest BCUT2D eigenvalue weighted by Crippen LogP contribution is -2.13. The minimum absolute atomic E-state index is 0.00865. The fourth-order valence-corrected chi connectivity index (χ4v) is 3.45. The van der Waals surface area contributed by atoms with Gasteiger partial charge in [0.2, 0.25) is 0 Å². The number of anilines is 1. The summed E-state index contributed by atoms with van der Waals surface area (Å²) in [4.78, 5) is 24.2. The van der Waals surface area contributed by atoms with Crippen LogP contribution >= 0.6 is 15.9 Å². The fraction of sp³-hybridized carbons (Fsp3) is 0.115. The van der Waals surface area contributed by atoms with Gasteiger partial charge in [0.15, 0.2) is 11.5 Å². The van der Waals surface area contributed by atoms with Crippen LogP contribution in [-0.4, -0.2) is 26.1 Å². The number of rotatable bonds is 8. The lowest BCUT2D eigenvalue weighted by atomic mass is 10.1. The van der Waals surface area contributed by atoms with Gasteiger partial charge in [0.05, 0.1) is 19.8 Å². The summed E-state index contributed by atoms with van der Waals surface area (Å²) in [6.45, 7) is -0.00865. The predicted octanol–water partition coefficient (Wildman–Crippen LogP) is 5.51. The van der Waals surface area contributed by atoms with Gasteiger partial charge >= 0.3 is 5.97 Å². The van der Waals surface area contributed by atoms with E-state index in [1.807, 2.05) is 6.07 Å². The van der Waals surface area contributed by atoms with E-state index in [4.69, 9.17) is 9.47 Å². The SMILES string of the molecule is COC(=O)c1ccc(NC(=O)/C(C#N)=C/c2cc(OC)c(OCc3ccccc3F)cc2Br)cc1. The summed E-state index contributed by atoms with van der Waals surface area (Å²) in [7, 11) is 2.72. The Morgan fingerprint density at radius 3 is 2.43 bits per heavy atom. The quantitative estimate of drug-likeness (QED) is 0.231. The molecule has 35 heavy (non-hydrogen) atoms. The molecular formula is C26H20BrFN2O5. The predicted molar refractivity (Wildman–Crippen MR) is 131 cm³/mol. The molecule has 0 heterocycles. The van der Waals surface area contributed by atoms with Crippen LogP contribution in [-0.2, 0) is 16.1 Å². The molecule has 7 nitrogen and oxygen atoms in total. The molecule has 1 amide bonds. The van der Waals surface area contributed by atoms with Gasteiger partial charge in [0.25, 0.3) is 5.91 Å². The Bertz CT molecular complexity index is 1320. The molecule has 3 rings (SSSR count). The Balaban J connectivity index is 1.79. The van der Waals surface area contributed by atoms with Gasteiger partial charge in [-0.25, -0.2) is 9.18 Å². The smallest absolute Gasteiger partial charge is 0.337 e. The Hall–Kier alpha value is -4.16. The van der Waals surface area contributed by atoms with E-state index in [0.717, 1.165) is 0 Å². The van der Waals surface area contributed by atoms with Crippen molar-refractivity contribution in [1.29, 1.82) is 5.26 Å². The summed E-state index contributed by atoms with van der Waals surface area (Å²) in [5.41, 5.74) is 1.45. The van der Waals surface area contributed by atoms with Crippen molar-refractivity contribution in [2.45, 2.75) is 6.61 Å². The van der Waals surface area contributed by atoms with E-state index in [1.165, 1.54) is 50.6 Å². The van der Waals surface area contributed by atoms with Crippen molar-refractivity contribution < 1.29 is 28.2 Å². The van der Waals surface area contributed by atoms with Gasteiger partial charge in [-0.15, -0.1) is 0 Å². The van der Waals surface area contributed by atoms with Crippen LogP contribution in [0, 0.1) is 17.1 Å². The van der Waals surface area contributed by atoms with Crippen LogP contribution in [0.3, 0.4) is 0 Å². The normalized spacial score (nSPS) is 10.8. The molecule has 0 aliphatic rings. The van der Waals surface area contributed by atoms with Crippen molar-refractivity contribution in [2.75, 3.05) is 19.5 Å². The summed E-state index contributed by atoms with van der Waals surface area (Å²) in [6.07, 6.45) is 1.39. The van der Waals surface area contributed by atoms with Crippen LogP contribution in [0.2, 0.25) is 0 Å². The van der Waals surface area contributed by atoms with Gasteiger partial charge in [-0.2, -0.15) is 5.26 Å². The van der Waals surface area contributed by atoms with Crippen molar-refractivity contribution in [3.63, 3.8) is 0 Å². The number of ether oxygens (including phenoxy) is 3. The zero-order valence-electron chi connectivity index (χ0n) is 18.8. The summed E-state index contributed by atoms with van der Waals surface area (Å²) < 4.78 is 30.2. The molecule has 0 bridgehead atoms. The lowest BCUT2D eigenvalue weighted by Gasteiger charge is -2.13. The highest BCUT2D eigenvalue weighted by Crippen LogP contribution is 2.35. The molecule has 0 aliphatic heterocycles. The molecule has 1 N–H and O–H groups in total.